The Bertz CT molecular complexity index is 281. The molecule has 0 spiro atoms. The van der Waals surface area contributed by atoms with Crippen LogP contribution in [-0.2, 0) is 0 Å². The van der Waals surface area contributed by atoms with Crippen molar-refractivity contribution in [2.24, 2.45) is 17.1 Å². The molecule has 2 heteroatoms. The summed E-state index contributed by atoms with van der Waals surface area (Å²) in [6.45, 7) is 16.2. The van der Waals surface area contributed by atoms with Crippen molar-refractivity contribution in [2.75, 3.05) is 13.1 Å². The lowest BCUT2D eigenvalue weighted by Crippen LogP contribution is -2.61. The van der Waals surface area contributed by atoms with Crippen LogP contribution in [0.15, 0.2) is 0 Å². The molecular formula is C18H38N2. The van der Waals surface area contributed by atoms with Crippen molar-refractivity contribution in [3.05, 3.63) is 0 Å². The predicted octanol–water partition coefficient (Wildman–Crippen LogP) is 4.43. The van der Waals surface area contributed by atoms with E-state index < -0.39 is 0 Å². The summed E-state index contributed by atoms with van der Waals surface area (Å²) < 4.78 is 0. The van der Waals surface area contributed by atoms with Crippen LogP contribution in [0, 0.1) is 11.3 Å². The Morgan fingerprint density at radius 2 is 1.70 bits per heavy atom. The van der Waals surface area contributed by atoms with Crippen LogP contribution in [0.2, 0.25) is 0 Å². The highest BCUT2D eigenvalue weighted by molar-refractivity contribution is 5.01. The van der Waals surface area contributed by atoms with Crippen molar-refractivity contribution < 1.29 is 0 Å². The average Bonchev–Trinajstić information content (AvgIpc) is 2.37. The highest BCUT2D eigenvalue weighted by Crippen LogP contribution is 2.45. The first-order valence-corrected chi connectivity index (χ1v) is 8.77. The van der Waals surface area contributed by atoms with Gasteiger partial charge < -0.3 is 5.73 Å². The molecule has 0 bridgehead atoms. The summed E-state index contributed by atoms with van der Waals surface area (Å²) in [6.07, 6.45) is 7.72. The normalized spacial score (nSPS) is 26.7. The molecule has 2 N–H and O–H groups in total. The minimum atomic E-state index is 0.239. The zero-order valence-corrected chi connectivity index (χ0v) is 14.8. The third kappa shape index (κ3) is 4.21. The molecule has 1 aliphatic carbocycles. The Hall–Kier alpha value is -0.0800. The van der Waals surface area contributed by atoms with E-state index in [9.17, 15) is 0 Å². The zero-order valence-electron chi connectivity index (χ0n) is 14.8. The van der Waals surface area contributed by atoms with Gasteiger partial charge in [0.05, 0.1) is 0 Å². The van der Waals surface area contributed by atoms with E-state index in [4.69, 9.17) is 5.73 Å². The maximum absolute atomic E-state index is 6.34. The Labute approximate surface area is 127 Å². The molecule has 0 aromatic carbocycles. The van der Waals surface area contributed by atoms with Gasteiger partial charge in [-0.15, -0.1) is 0 Å². The molecule has 1 unspecified atom stereocenters. The van der Waals surface area contributed by atoms with E-state index in [1.165, 1.54) is 45.1 Å². The van der Waals surface area contributed by atoms with Gasteiger partial charge >= 0.3 is 0 Å². The molecule has 0 saturated heterocycles. The summed E-state index contributed by atoms with van der Waals surface area (Å²) in [6, 6.07) is 0.690. The smallest absolute Gasteiger partial charge is 0.0339 e. The maximum atomic E-state index is 6.34. The summed E-state index contributed by atoms with van der Waals surface area (Å²) in [5.41, 5.74) is 7.02. The second-order valence-electron chi connectivity index (χ2n) is 8.14. The van der Waals surface area contributed by atoms with Crippen molar-refractivity contribution in [1.29, 1.82) is 0 Å². The molecule has 0 radical (unpaired) electrons. The average molecular weight is 283 g/mol. The van der Waals surface area contributed by atoms with Gasteiger partial charge in [-0.25, -0.2) is 0 Å². The molecule has 0 amide bonds. The third-order valence-corrected chi connectivity index (χ3v) is 5.24. The predicted molar refractivity (Wildman–Crippen MR) is 89.9 cm³/mol. The van der Waals surface area contributed by atoms with Crippen molar-refractivity contribution >= 4 is 0 Å². The van der Waals surface area contributed by atoms with E-state index >= 15 is 0 Å². The highest BCUT2D eigenvalue weighted by atomic mass is 15.2. The first-order chi connectivity index (χ1) is 9.30. The SMILES string of the molecule is CCC(CC)N(CC(C)C)C1(CN)CCCC(C)(C)C1. The first kappa shape index (κ1) is 18.0. The van der Waals surface area contributed by atoms with Crippen LogP contribution in [0.25, 0.3) is 0 Å². The minimum absolute atomic E-state index is 0.239. The largest absolute Gasteiger partial charge is 0.329 e. The van der Waals surface area contributed by atoms with E-state index in [2.05, 4.69) is 46.4 Å². The van der Waals surface area contributed by atoms with Crippen molar-refractivity contribution in [2.45, 2.75) is 91.6 Å². The van der Waals surface area contributed by atoms with Crippen LogP contribution < -0.4 is 5.73 Å². The van der Waals surface area contributed by atoms with Crippen molar-refractivity contribution in [3.63, 3.8) is 0 Å². The summed E-state index contributed by atoms with van der Waals surface area (Å²) in [7, 11) is 0. The number of hydrogen-bond donors (Lipinski definition) is 1. The van der Waals surface area contributed by atoms with E-state index in [0.717, 1.165) is 6.54 Å². The quantitative estimate of drug-likeness (QED) is 0.748. The van der Waals surface area contributed by atoms with Crippen LogP contribution in [0.1, 0.15) is 80.1 Å². The third-order valence-electron chi connectivity index (χ3n) is 5.24. The van der Waals surface area contributed by atoms with Crippen molar-refractivity contribution in [1.82, 2.24) is 4.90 Å². The van der Waals surface area contributed by atoms with Crippen LogP contribution in [-0.4, -0.2) is 29.6 Å². The Morgan fingerprint density at radius 1 is 1.10 bits per heavy atom. The monoisotopic (exact) mass is 282 g/mol. The number of hydrogen-bond acceptors (Lipinski definition) is 2. The van der Waals surface area contributed by atoms with Gasteiger partial charge in [0.25, 0.3) is 0 Å². The van der Waals surface area contributed by atoms with E-state index in [1.807, 2.05) is 0 Å². The molecule has 0 heterocycles. The second kappa shape index (κ2) is 7.26. The van der Waals surface area contributed by atoms with Gasteiger partial charge in [0, 0.05) is 24.7 Å². The van der Waals surface area contributed by atoms with Gasteiger partial charge in [0.1, 0.15) is 0 Å². The van der Waals surface area contributed by atoms with E-state index in [1.54, 1.807) is 0 Å². The Kier molecular flexibility index (Phi) is 6.53. The Morgan fingerprint density at radius 3 is 2.10 bits per heavy atom. The van der Waals surface area contributed by atoms with Gasteiger partial charge in [-0.3, -0.25) is 4.90 Å². The molecule has 120 valence electrons. The standard InChI is InChI=1S/C18H38N2/c1-7-16(8-2)20(12-15(3)4)18(14-19)11-9-10-17(5,6)13-18/h15-16H,7-14,19H2,1-6H3. The molecule has 1 atom stereocenters. The molecule has 1 aliphatic rings. The molecule has 2 nitrogen and oxygen atoms in total. The lowest BCUT2D eigenvalue weighted by atomic mass is 9.66. The van der Waals surface area contributed by atoms with Gasteiger partial charge in [0.2, 0.25) is 0 Å². The molecule has 1 fully saturated rings. The first-order valence-electron chi connectivity index (χ1n) is 8.77. The van der Waals surface area contributed by atoms with Crippen LogP contribution in [0.3, 0.4) is 0 Å². The second-order valence-corrected chi connectivity index (χ2v) is 8.14. The van der Waals surface area contributed by atoms with E-state index in [-0.39, 0.29) is 5.54 Å². The Balaban J connectivity index is 3.05. The molecule has 0 aromatic rings. The zero-order chi connectivity index (χ0) is 15.4. The summed E-state index contributed by atoms with van der Waals surface area (Å²) in [5.74, 6) is 0.712. The number of nitrogens with two attached hydrogens (primary N) is 1. The van der Waals surface area contributed by atoms with Crippen LogP contribution in [0.4, 0.5) is 0 Å². The summed E-state index contributed by atoms with van der Waals surface area (Å²) in [5, 5.41) is 0. The van der Waals surface area contributed by atoms with Gasteiger partial charge in [-0.1, -0.05) is 48.0 Å². The molecule has 1 saturated carbocycles. The van der Waals surface area contributed by atoms with Crippen LogP contribution in [0.5, 0.6) is 0 Å². The highest BCUT2D eigenvalue weighted by Gasteiger charge is 2.44. The fourth-order valence-corrected chi connectivity index (χ4v) is 4.35. The molecule has 0 aromatic heterocycles. The molecule has 1 rings (SSSR count). The lowest BCUT2D eigenvalue weighted by molar-refractivity contribution is -0.0279. The lowest BCUT2D eigenvalue weighted by Gasteiger charge is -2.54. The number of rotatable bonds is 7. The molecular weight excluding hydrogens is 244 g/mol. The van der Waals surface area contributed by atoms with Crippen LogP contribution >= 0.6 is 0 Å². The molecule has 20 heavy (non-hydrogen) atoms. The summed E-state index contributed by atoms with van der Waals surface area (Å²) >= 11 is 0. The number of nitrogens with zero attached hydrogens (tertiary/aromatic N) is 1. The summed E-state index contributed by atoms with van der Waals surface area (Å²) in [4.78, 5) is 2.80. The topological polar surface area (TPSA) is 29.3 Å². The van der Waals surface area contributed by atoms with E-state index in [0.29, 0.717) is 17.4 Å². The molecule has 0 aliphatic heterocycles. The minimum Gasteiger partial charge on any atom is -0.329 e. The van der Waals surface area contributed by atoms with Gasteiger partial charge in [0.15, 0.2) is 0 Å². The van der Waals surface area contributed by atoms with Gasteiger partial charge in [-0.05, 0) is 43.4 Å². The van der Waals surface area contributed by atoms with Gasteiger partial charge in [-0.2, -0.15) is 0 Å². The van der Waals surface area contributed by atoms with Crippen molar-refractivity contribution in [3.8, 4) is 0 Å². The fraction of sp³-hybridized carbons (Fsp3) is 1.00. The fourth-order valence-electron chi connectivity index (χ4n) is 4.35. The maximum Gasteiger partial charge on any atom is 0.0339 e.